The summed E-state index contributed by atoms with van der Waals surface area (Å²) in [5, 5.41) is 0. The van der Waals surface area contributed by atoms with E-state index < -0.39 is 0 Å². The minimum Gasteiger partial charge on any atom is -0.397 e. The predicted octanol–water partition coefficient (Wildman–Crippen LogP) is 3.59. The van der Waals surface area contributed by atoms with Gasteiger partial charge in [-0.2, -0.15) is 0 Å². The molecular weight excluding hydrogens is 388 g/mol. The number of hydrogen-bond acceptors (Lipinski definition) is 3. The number of rotatable bonds is 1. The van der Waals surface area contributed by atoms with Crippen LogP contribution in [0.3, 0.4) is 0 Å². The van der Waals surface area contributed by atoms with Crippen molar-refractivity contribution in [3.8, 4) is 0 Å². The third kappa shape index (κ3) is 1.96. The number of imide groups is 1. The molecule has 100 valence electrons. The van der Waals surface area contributed by atoms with Crippen molar-refractivity contribution in [1.82, 2.24) is 0 Å². The summed E-state index contributed by atoms with van der Waals surface area (Å²) in [6.45, 7) is 0. The van der Waals surface area contributed by atoms with Crippen molar-refractivity contribution in [2.24, 2.45) is 0 Å². The second-order valence-electron chi connectivity index (χ2n) is 4.34. The van der Waals surface area contributed by atoms with Crippen molar-refractivity contribution in [3.63, 3.8) is 0 Å². The van der Waals surface area contributed by atoms with Crippen LogP contribution in [0.5, 0.6) is 0 Å². The van der Waals surface area contributed by atoms with Crippen LogP contribution in [-0.2, 0) is 0 Å². The number of benzene rings is 2. The van der Waals surface area contributed by atoms with Crippen molar-refractivity contribution in [1.29, 1.82) is 0 Å². The first kappa shape index (κ1) is 13.3. The largest absolute Gasteiger partial charge is 0.397 e. The Morgan fingerprint density at radius 3 is 2.15 bits per heavy atom. The van der Waals surface area contributed by atoms with Gasteiger partial charge in [0.2, 0.25) is 0 Å². The predicted molar refractivity (Wildman–Crippen MR) is 83.8 cm³/mol. The van der Waals surface area contributed by atoms with Crippen LogP contribution >= 0.6 is 31.9 Å². The smallest absolute Gasteiger partial charge is 0.266 e. The van der Waals surface area contributed by atoms with Crippen molar-refractivity contribution in [3.05, 3.63) is 56.5 Å². The molecule has 3 rings (SSSR count). The first-order valence-corrected chi connectivity index (χ1v) is 7.31. The van der Waals surface area contributed by atoms with Gasteiger partial charge in [-0.15, -0.1) is 0 Å². The van der Waals surface area contributed by atoms with Gasteiger partial charge in [-0.25, -0.2) is 4.90 Å². The van der Waals surface area contributed by atoms with E-state index in [4.69, 9.17) is 5.73 Å². The van der Waals surface area contributed by atoms with Crippen molar-refractivity contribution in [2.75, 3.05) is 10.6 Å². The van der Waals surface area contributed by atoms with Gasteiger partial charge >= 0.3 is 0 Å². The van der Waals surface area contributed by atoms with E-state index in [-0.39, 0.29) is 11.8 Å². The highest BCUT2D eigenvalue weighted by Gasteiger charge is 2.37. The molecule has 2 aromatic rings. The maximum absolute atomic E-state index is 12.4. The zero-order valence-electron chi connectivity index (χ0n) is 10.1. The van der Waals surface area contributed by atoms with Gasteiger partial charge in [0.05, 0.1) is 22.5 Å². The molecule has 0 saturated carbocycles. The van der Waals surface area contributed by atoms with Gasteiger partial charge in [0, 0.05) is 8.95 Å². The van der Waals surface area contributed by atoms with Crippen LogP contribution in [0, 0.1) is 0 Å². The number of hydrogen-bond donors (Lipinski definition) is 1. The van der Waals surface area contributed by atoms with Gasteiger partial charge in [0.25, 0.3) is 11.8 Å². The van der Waals surface area contributed by atoms with Gasteiger partial charge in [-0.1, -0.05) is 31.9 Å². The van der Waals surface area contributed by atoms with Crippen molar-refractivity contribution in [2.45, 2.75) is 0 Å². The zero-order chi connectivity index (χ0) is 14.4. The third-order valence-corrected chi connectivity index (χ3v) is 4.07. The Balaban J connectivity index is 2.14. The monoisotopic (exact) mass is 394 g/mol. The SMILES string of the molecule is Nc1cc(Br)ccc1N1C(=O)c2ccc(Br)cc2C1=O. The summed E-state index contributed by atoms with van der Waals surface area (Å²) in [6.07, 6.45) is 0. The molecule has 6 heteroatoms. The summed E-state index contributed by atoms with van der Waals surface area (Å²) in [7, 11) is 0. The Bertz CT molecular complexity index is 759. The summed E-state index contributed by atoms with van der Waals surface area (Å²) in [5.74, 6) is -0.716. The Labute approximate surface area is 131 Å². The normalized spacial score (nSPS) is 13.8. The molecule has 2 amide bonds. The highest BCUT2D eigenvalue weighted by atomic mass is 79.9. The summed E-state index contributed by atoms with van der Waals surface area (Å²) in [6, 6.07) is 10.1. The topological polar surface area (TPSA) is 63.4 Å². The quantitative estimate of drug-likeness (QED) is 0.592. The zero-order valence-corrected chi connectivity index (χ0v) is 13.2. The van der Waals surface area contributed by atoms with E-state index in [1.54, 1.807) is 36.4 Å². The number of anilines is 2. The Hall–Kier alpha value is -1.66. The number of nitrogens with two attached hydrogens (primary N) is 1. The minimum atomic E-state index is -0.361. The van der Waals surface area contributed by atoms with Crippen LogP contribution in [0.25, 0.3) is 0 Å². The summed E-state index contributed by atoms with van der Waals surface area (Å²) >= 11 is 6.60. The fourth-order valence-corrected chi connectivity index (χ4v) is 2.90. The number of carbonyl (C=O) groups excluding carboxylic acids is 2. The molecule has 0 unspecified atom stereocenters. The molecule has 2 N–H and O–H groups in total. The number of fused-ring (bicyclic) bond motifs is 1. The molecule has 1 aliphatic heterocycles. The lowest BCUT2D eigenvalue weighted by Gasteiger charge is -2.16. The van der Waals surface area contributed by atoms with E-state index in [2.05, 4.69) is 31.9 Å². The van der Waals surface area contributed by atoms with Crippen LogP contribution in [0.2, 0.25) is 0 Å². The molecule has 4 nitrogen and oxygen atoms in total. The Morgan fingerprint density at radius 2 is 1.45 bits per heavy atom. The van der Waals surface area contributed by atoms with E-state index in [1.807, 2.05) is 0 Å². The molecule has 0 fully saturated rings. The summed E-state index contributed by atoms with van der Waals surface area (Å²) in [4.78, 5) is 25.9. The van der Waals surface area contributed by atoms with Crippen LogP contribution in [0.1, 0.15) is 20.7 Å². The molecule has 0 saturated heterocycles. The third-order valence-electron chi connectivity index (χ3n) is 3.08. The molecule has 1 heterocycles. The second-order valence-corrected chi connectivity index (χ2v) is 6.17. The number of nitrogen functional groups attached to an aromatic ring is 1. The van der Waals surface area contributed by atoms with Gasteiger partial charge in [0.15, 0.2) is 0 Å². The van der Waals surface area contributed by atoms with E-state index in [0.717, 1.165) is 13.8 Å². The fraction of sp³-hybridized carbons (Fsp3) is 0. The number of nitrogens with zero attached hydrogens (tertiary/aromatic N) is 1. The van der Waals surface area contributed by atoms with Crippen LogP contribution in [-0.4, -0.2) is 11.8 Å². The summed E-state index contributed by atoms with van der Waals surface area (Å²) in [5.41, 5.74) is 7.44. The molecule has 1 aliphatic rings. The Morgan fingerprint density at radius 1 is 0.850 bits per heavy atom. The first-order valence-electron chi connectivity index (χ1n) is 5.72. The average molecular weight is 396 g/mol. The van der Waals surface area contributed by atoms with E-state index in [9.17, 15) is 9.59 Å². The molecule has 20 heavy (non-hydrogen) atoms. The van der Waals surface area contributed by atoms with Gasteiger partial charge in [0.1, 0.15) is 0 Å². The van der Waals surface area contributed by atoms with E-state index in [0.29, 0.717) is 22.5 Å². The standard InChI is InChI=1S/C14H8Br2N2O2/c15-7-1-3-9-10(5-7)14(20)18(13(9)19)12-4-2-8(16)6-11(12)17/h1-6H,17H2. The maximum atomic E-state index is 12.4. The number of carbonyl (C=O) groups is 2. The lowest BCUT2D eigenvalue weighted by atomic mass is 10.1. The lowest BCUT2D eigenvalue weighted by molar-refractivity contribution is 0.0926. The van der Waals surface area contributed by atoms with Crippen molar-refractivity contribution >= 4 is 55.0 Å². The van der Waals surface area contributed by atoms with Gasteiger partial charge in [-0.05, 0) is 36.4 Å². The maximum Gasteiger partial charge on any atom is 0.266 e. The average Bonchev–Trinajstić information content (AvgIpc) is 2.63. The number of amides is 2. The molecule has 0 bridgehead atoms. The minimum absolute atomic E-state index is 0.355. The highest BCUT2D eigenvalue weighted by Crippen LogP contribution is 2.34. The lowest BCUT2D eigenvalue weighted by Crippen LogP contribution is -2.30. The second kappa shape index (κ2) is 4.71. The van der Waals surface area contributed by atoms with Crippen LogP contribution in [0.4, 0.5) is 11.4 Å². The fourth-order valence-electron chi connectivity index (χ4n) is 2.16. The molecule has 0 atom stereocenters. The molecule has 0 radical (unpaired) electrons. The van der Waals surface area contributed by atoms with Crippen molar-refractivity contribution < 1.29 is 9.59 Å². The number of halogens is 2. The molecule has 0 aromatic heterocycles. The molecule has 0 spiro atoms. The highest BCUT2D eigenvalue weighted by molar-refractivity contribution is 9.10. The van der Waals surface area contributed by atoms with E-state index >= 15 is 0 Å². The molecule has 2 aromatic carbocycles. The molecule has 0 aliphatic carbocycles. The van der Waals surface area contributed by atoms with Gasteiger partial charge < -0.3 is 5.73 Å². The van der Waals surface area contributed by atoms with E-state index in [1.165, 1.54) is 0 Å². The van der Waals surface area contributed by atoms with Gasteiger partial charge in [-0.3, -0.25) is 9.59 Å². The van der Waals surface area contributed by atoms with Crippen LogP contribution in [0.15, 0.2) is 45.3 Å². The summed E-state index contributed by atoms with van der Waals surface area (Å²) < 4.78 is 1.54. The Kier molecular flexibility index (Phi) is 3.14. The molecular formula is C14H8Br2N2O2. The van der Waals surface area contributed by atoms with Crippen LogP contribution < -0.4 is 10.6 Å². The first-order chi connectivity index (χ1) is 9.49.